The van der Waals surface area contributed by atoms with Crippen molar-refractivity contribution in [2.24, 2.45) is 0 Å². The summed E-state index contributed by atoms with van der Waals surface area (Å²) in [6.45, 7) is 2.87. The quantitative estimate of drug-likeness (QED) is 0.284. The van der Waals surface area contributed by atoms with Crippen molar-refractivity contribution in [2.75, 3.05) is 0 Å². The molecule has 37 heavy (non-hydrogen) atoms. The topological polar surface area (TPSA) is 98.5 Å². The molecule has 3 aromatic carbocycles. The van der Waals surface area contributed by atoms with E-state index in [1.165, 1.54) is 0 Å². The van der Waals surface area contributed by atoms with Crippen LogP contribution < -0.4 is 5.69 Å². The number of aldehydes is 1. The first-order valence-corrected chi connectivity index (χ1v) is 12.4. The second kappa shape index (κ2) is 11.0. The summed E-state index contributed by atoms with van der Waals surface area (Å²) in [5.74, 6) is 0.605. The van der Waals surface area contributed by atoms with Gasteiger partial charge in [-0.3, -0.25) is 13.9 Å². The minimum absolute atomic E-state index is 0.163. The van der Waals surface area contributed by atoms with Crippen LogP contribution in [0.5, 0.6) is 0 Å². The van der Waals surface area contributed by atoms with Gasteiger partial charge < -0.3 is 0 Å². The van der Waals surface area contributed by atoms with E-state index in [0.29, 0.717) is 31.0 Å². The highest BCUT2D eigenvalue weighted by Crippen LogP contribution is 2.30. The maximum absolute atomic E-state index is 13.6. The van der Waals surface area contributed by atoms with Crippen molar-refractivity contribution in [3.05, 3.63) is 112 Å². The van der Waals surface area contributed by atoms with E-state index in [1.807, 2.05) is 78.9 Å². The molecule has 0 amide bonds. The van der Waals surface area contributed by atoms with E-state index in [4.69, 9.17) is 0 Å². The van der Waals surface area contributed by atoms with Crippen LogP contribution in [0.25, 0.3) is 22.5 Å². The van der Waals surface area contributed by atoms with E-state index in [1.54, 1.807) is 9.13 Å². The van der Waals surface area contributed by atoms with Gasteiger partial charge in [0.15, 0.2) is 12.1 Å². The van der Waals surface area contributed by atoms with Crippen LogP contribution in [-0.2, 0) is 19.5 Å². The molecule has 0 fully saturated rings. The summed E-state index contributed by atoms with van der Waals surface area (Å²) in [6.07, 6.45) is 3.38. The molecule has 186 valence electrons. The summed E-state index contributed by atoms with van der Waals surface area (Å²) in [6, 6.07) is 25.8. The minimum atomic E-state index is -0.163. The Morgan fingerprint density at radius 2 is 1.51 bits per heavy atom. The van der Waals surface area contributed by atoms with Crippen LogP contribution in [0, 0.1) is 0 Å². The average molecular weight is 493 g/mol. The third-order valence-corrected chi connectivity index (χ3v) is 6.57. The minimum Gasteiger partial charge on any atom is -0.296 e. The first kappa shape index (κ1) is 24.1. The number of nitrogens with zero attached hydrogens (tertiary/aromatic N) is 5. The SMILES string of the molecule is CCCCc1c(C=O)n(Cc2ccccc2)c(=O)n1Cc1ccc(-c2ccccc2-c2nnn[nH]2)cc1. The van der Waals surface area contributed by atoms with Gasteiger partial charge >= 0.3 is 5.69 Å². The molecule has 0 saturated carbocycles. The first-order valence-electron chi connectivity index (χ1n) is 12.4. The van der Waals surface area contributed by atoms with Crippen LogP contribution in [0.1, 0.15) is 47.1 Å². The molecule has 0 aliphatic rings. The van der Waals surface area contributed by atoms with Crippen LogP contribution in [0.2, 0.25) is 0 Å². The third kappa shape index (κ3) is 5.04. The highest BCUT2D eigenvalue weighted by molar-refractivity contribution is 5.80. The second-order valence-electron chi connectivity index (χ2n) is 8.99. The molecule has 0 aliphatic carbocycles. The molecule has 0 spiro atoms. The van der Waals surface area contributed by atoms with E-state index < -0.39 is 0 Å². The molecule has 0 radical (unpaired) electrons. The highest BCUT2D eigenvalue weighted by atomic mass is 16.2. The van der Waals surface area contributed by atoms with E-state index in [0.717, 1.165) is 52.6 Å². The predicted octanol–water partition coefficient (Wildman–Crippen LogP) is 4.75. The maximum Gasteiger partial charge on any atom is 0.329 e. The van der Waals surface area contributed by atoms with Gasteiger partial charge in [0.2, 0.25) is 0 Å². The molecule has 8 nitrogen and oxygen atoms in total. The Labute approximate surface area is 214 Å². The number of hydrogen-bond donors (Lipinski definition) is 1. The van der Waals surface area contributed by atoms with E-state index >= 15 is 0 Å². The number of H-pyrrole nitrogens is 1. The number of carbonyl (C=O) groups is 1. The fourth-order valence-corrected chi connectivity index (χ4v) is 4.67. The molecule has 0 saturated heterocycles. The number of hydrogen-bond acceptors (Lipinski definition) is 5. The fraction of sp³-hybridized carbons (Fsp3) is 0.207. The van der Waals surface area contributed by atoms with Gasteiger partial charge in [-0.1, -0.05) is 92.2 Å². The number of aromatic amines is 1. The number of benzene rings is 3. The lowest BCUT2D eigenvalue weighted by molar-refractivity contribution is 0.111. The lowest BCUT2D eigenvalue weighted by Gasteiger charge is -2.10. The zero-order chi connectivity index (χ0) is 25.6. The number of carbonyl (C=O) groups excluding carboxylic acids is 1. The van der Waals surface area contributed by atoms with Gasteiger partial charge in [0, 0.05) is 5.56 Å². The average Bonchev–Trinajstić information content (AvgIpc) is 3.56. The van der Waals surface area contributed by atoms with Gasteiger partial charge in [0.05, 0.1) is 18.8 Å². The van der Waals surface area contributed by atoms with Gasteiger partial charge in [0.1, 0.15) is 5.69 Å². The maximum atomic E-state index is 13.6. The number of tetrazole rings is 1. The molecule has 0 bridgehead atoms. The van der Waals surface area contributed by atoms with Crippen LogP contribution in [0.3, 0.4) is 0 Å². The summed E-state index contributed by atoms with van der Waals surface area (Å²) < 4.78 is 3.36. The van der Waals surface area contributed by atoms with Crippen molar-refractivity contribution in [3.8, 4) is 22.5 Å². The lowest BCUT2D eigenvalue weighted by atomic mass is 9.98. The van der Waals surface area contributed by atoms with Crippen LogP contribution in [0.4, 0.5) is 0 Å². The molecular formula is C29H28N6O2. The summed E-state index contributed by atoms with van der Waals surface area (Å²) >= 11 is 0. The largest absolute Gasteiger partial charge is 0.329 e. The standard InChI is InChI=1S/C29H28N6O2/c1-2-3-13-26-27(20-36)35(18-21-9-5-4-6-10-21)29(37)34(26)19-22-14-16-23(17-15-22)24-11-7-8-12-25(24)28-30-32-33-31-28/h4-12,14-17,20H,2-3,13,18-19H2,1H3,(H,30,31,32,33). The Kier molecular flexibility index (Phi) is 7.16. The molecule has 0 aliphatic heterocycles. The Bertz CT molecular complexity index is 1530. The van der Waals surface area contributed by atoms with E-state index in [-0.39, 0.29) is 5.69 Å². The van der Waals surface area contributed by atoms with Crippen molar-refractivity contribution >= 4 is 6.29 Å². The van der Waals surface area contributed by atoms with Gasteiger partial charge in [-0.05, 0) is 45.5 Å². The molecule has 1 N–H and O–H groups in total. The normalized spacial score (nSPS) is 11.1. The molecule has 5 rings (SSSR count). The smallest absolute Gasteiger partial charge is 0.296 e. The van der Waals surface area contributed by atoms with Crippen molar-refractivity contribution in [1.29, 1.82) is 0 Å². The molecule has 0 atom stereocenters. The Morgan fingerprint density at radius 1 is 0.838 bits per heavy atom. The fourth-order valence-electron chi connectivity index (χ4n) is 4.67. The molecule has 0 unspecified atom stereocenters. The molecular weight excluding hydrogens is 464 g/mol. The molecule has 5 aromatic rings. The summed E-state index contributed by atoms with van der Waals surface area (Å²) in [5.41, 5.74) is 6.00. The Hall–Kier alpha value is -4.59. The Morgan fingerprint density at radius 3 is 2.19 bits per heavy atom. The Balaban J connectivity index is 1.48. The van der Waals surface area contributed by atoms with Gasteiger partial charge in [-0.2, -0.15) is 0 Å². The summed E-state index contributed by atoms with van der Waals surface area (Å²) in [5, 5.41) is 14.3. The number of unbranched alkanes of at least 4 members (excludes halogenated alkanes) is 1. The number of rotatable bonds is 10. The van der Waals surface area contributed by atoms with Crippen LogP contribution >= 0.6 is 0 Å². The number of imidazole rings is 1. The molecule has 8 heteroatoms. The lowest BCUT2D eigenvalue weighted by Crippen LogP contribution is -2.26. The van der Waals surface area contributed by atoms with Crippen molar-refractivity contribution in [3.63, 3.8) is 0 Å². The van der Waals surface area contributed by atoms with E-state index in [2.05, 4.69) is 27.5 Å². The van der Waals surface area contributed by atoms with Gasteiger partial charge in [-0.15, -0.1) is 5.10 Å². The number of nitrogens with one attached hydrogen (secondary N) is 1. The van der Waals surface area contributed by atoms with Crippen LogP contribution in [0.15, 0.2) is 83.7 Å². The second-order valence-corrected chi connectivity index (χ2v) is 8.99. The predicted molar refractivity (Wildman–Crippen MR) is 142 cm³/mol. The van der Waals surface area contributed by atoms with E-state index in [9.17, 15) is 9.59 Å². The van der Waals surface area contributed by atoms with Crippen molar-refractivity contribution < 1.29 is 4.79 Å². The third-order valence-electron chi connectivity index (χ3n) is 6.57. The molecule has 2 aromatic heterocycles. The zero-order valence-electron chi connectivity index (χ0n) is 20.7. The number of aromatic nitrogens is 6. The highest BCUT2D eigenvalue weighted by Gasteiger charge is 2.20. The van der Waals surface area contributed by atoms with Gasteiger partial charge in [0.25, 0.3) is 0 Å². The summed E-state index contributed by atoms with van der Waals surface area (Å²) in [7, 11) is 0. The first-order chi connectivity index (χ1) is 18.2. The van der Waals surface area contributed by atoms with Crippen molar-refractivity contribution in [2.45, 2.75) is 39.3 Å². The monoisotopic (exact) mass is 492 g/mol. The zero-order valence-corrected chi connectivity index (χ0v) is 20.7. The molecule has 2 heterocycles. The van der Waals surface area contributed by atoms with Crippen LogP contribution in [-0.4, -0.2) is 36.0 Å². The van der Waals surface area contributed by atoms with Crippen molar-refractivity contribution in [1.82, 2.24) is 29.8 Å². The summed E-state index contributed by atoms with van der Waals surface area (Å²) in [4.78, 5) is 25.7. The van der Waals surface area contributed by atoms with Gasteiger partial charge in [-0.25, -0.2) is 9.89 Å².